The van der Waals surface area contributed by atoms with Crippen molar-refractivity contribution in [1.29, 1.82) is 0 Å². The van der Waals surface area contributed by atoms with Gasteiger partial charge in [-0.25, -0.2) is 4.39 Å². The third-order valence-electron chi connectivity index (χ3n) is 1.40. The minimum Gasteiger partial charge on any atom is -0.495 e. The normalized spacial score (nSPS) is 9.58. The van der Waals surface area contributed by atoms with Crippen molar-refractivity contribution < 1.29 is 13.9 Å². The summed E-state index contributed by atoms with van der Waals surface area (Å²) < 4.78 is 17.6. The van der Waals surface area contributed by atoms with Crippen molar-refractivity contribution in [3.05, 3.63) is 28.5 Å². The fraction of sp³-hybridized carbons (Fsp3) is 0.125. The standard InChI is InChI=1S/C8H6ClFO2/c1-12-8-3-7(10)5(4-11)2-6(8)9/h2-4H,1H3. The van der Waals surface area contributed by atoms with E-state index in [1.54, 1.807) is 0 Å². The molecule has 0 atom stereocenters. The first-order chi connectivity index (χ1) is 5.69. The van der Waals surface area contributed by atoms with E-state index in [1.807, 2.05) is 0 Å². The molecule has 1 rings (SSSR count). The van der Waals surface area contributed by atoms with Gasteiger partial charge in [-0.05, 0) is 6.07 Å². The summed E-state index contributed by atoms with van der Waals surface area (Å²) in [6, 6.07) is 2.30. The van der Waals surface area contributed by atoms with Crippen LogP contribution in [0.1, 0.15) is 10.4 Å². The molecule has 0 saturated carbocycles. The van der Waals surface area contributed by atoms with Gasteiger partial charge in [0.15, 0.2) is 6.29 Å². The molecule has 4 heteroatoms. The summed E-state index contributed by atoms with van der Waals surface area (Å²) in [5.41, 5.74) is -0.0687. The minimum absolute atomic E-state index is 0.0687. The third-order valence-corrected chi connectivity index (χ3v) is 1.69. The monoisotopic (exact) mass is 188 g/mol. The number of aldehydes is 1. The highest BCUT2D eigenvalue weighted by molar-refractivity contribution is 6.32. The minimum atomic E-state index is -0.633. The summed E-state index contributed by atoms with van der Waals surface area (Å²) >= 11 is 5.63. The Morgan fingerprint density at radius 3 is 2.75 bits per heavy atom. The number of methoxy groups -OCH3 is 1. The number of carbonyl (C=O) groups excluding carboxylic acids is 1. The van der Waals surface area contributed by atoms with Crippen LogP contribution in [0.4, 0.5) is 4.39 Å². The zero-order chi connectivity index (χ0) is 9.14. The van der Waals surface area contributed by atoms with Crippen LogP contribution in [0.25, 0.3) is 0 Å². The second-order valence-electron chi connectivity index (χ2n) is 2.13. The maximum Gasteiger partial charge on any atom is 0.153 e. The van der Waals surface area contributed by atoms with Crippen LogP contribution in [0, 0.1) is 5.82 Å². The summed E-state index contributed by atoms with van der Waals surface area (Å²) in [7, 11) is 1.38. The van der Waals surface area contributed by atoms with Crippen LogP contribution in [-0.2, 0) is 0 Å². The summed E-state index contributed by atoms with van der Waals surface area (Å²) in [6.45, 7) is 0. The number of hydrogen-bond acceptors (Lipinski definition) is 2. The zero-order valence-corrected chi connectivity index (χ0v) is 7.06. The van der Waals surface area contributed by atoms with Crippen LogP contribution in [0.3, 0.4) is 0 Å². The second-order valence-corrected chi connectivity index (χ2v) is 2.53. The number of hydrogen-bond donors (Lipinski definition) is 0. The molecule has 0 amide bonds. The van der Waals surface area contributed by atoms with Crippen molar-refractivity contribution in [2.24, 2.45) is 0 Å². The first-order valence-corrected chi connectivity index (χ1v) is 3.55. The molecule has 0 saturated heterocycles. The Labute approximate surface area is 73.9 Å². The molecule has 0 N–H and O–H groups in total. The molecular weight excluding hydrogens is 183 g/mol. The molecule has 1 aromatic carbocycles. The zero-order valence-electron chi connectivity index (χ0n) is 6.30. The Balaban J connectivity index is 3.25. The third kappa shape index (κ3) is 1.56. The Morgan fingerprint density at radius 2 is 2.25 bits per heavy atom. The van der Waals surface area contributed by atoms with E-state index in [-0.39, 0.29) is 16.3 Å². The number of rotatable bonds is 2. The summed E-state index contributed by atoms with van der Waals surface area (Å²) in [6.07, 6.45) is 0.403. The van der Waals surface area contributed by atoms with Crippen LogP contribution < -0.4 is 4.74 Å². The molecule has 0 bridgehead atoms. The lowest BCUT2D eigenvalue weighted by Crippen LogP contribution is -1.91. The smallest absolute Gasteiger partial charge is 0.153 e. The summed E-state index contributed by atoms with van der Waals surface area (Å²) in [4.78, 5) is 10.2. The number of ether oxygens (including phenoxy) is 1. The SMILES string of the molecule is COc1cc(F)c(C=O)cc1Cl. The van der Waals surface area contributed by atoms with Crippen molar-refractivity contribution in [3.8, 4) is 5.75 Å². The van der Waals surface area contributed by atoms with Crippen LogP contribution in [-0.4, -0.2) is 13.4 Å². The molecule has 0 spiro atoms. The Hall–Kier alpha value is -1.09. The average Bonchev–Trinajstić information content (AvgIpc) is 2.08. The van der Waals surface area contributed by atoms with E-state index < -0.39 is 5.82 Å². The molecule has 1 aromatic rings. The second kappa shape index (κ2) is 3.54. The Bertz CT molecular complexity index is 312. The van der Waals surface area contributed by atoms with E-state index in [0.29, 0.717) is 6.29 Å². The van der Waals surface area contributed by atoms with Crippen molar-refractivity contribution in [1.82, 2.24) is 0 Å². The van der Waals surface area contributed by atoms with Crippen molar-refractivity contribution >= 4 is 17.9 Å². The van der Waals surface area contributed by atoms with Gasteiger partial charge in [0.1, 0.15) is 11.6 Å². The molecule has 0 aromatic heterocycles. The van der Waals surface area contributed by atoms with E-state index in [1.165, 1.54) is 13.2 Å². The van der Waals surface area contributed by atoms with Crippen molar-refractivity contribution in [2.45, 2.75) is 0 Å². The molecule has 0 aliphatic carbocycles. The Kier molecular flexibility index (Phi) is 2.65. The number of carbonyl (C=O) groups is 1. The van der Waals surface area contributed by atoms with Gasteiger partial charge in [-0.3, -0.25) is 4.79 Å². The van der Waals surface area contributed by atoms with Gasteiger partial charge in [0.2, 0.25) is 0 Å². The van der Waals surface area contributed by atoms with Crippen LogP contribution >= 0.6 is 11.6 Å². The molecule has 64 valence electrons. The first-order valence-electron chi connectivity index (χ1n) is 3.17. The molecule has 12 heavy (non-hydrogen) atoms. The van der Waals surface area contributed by atoms with Gasteiger partial charge >= 0.3 is 0 Å². The van der Waals surface area contributed by atoms with Gasteiger partial charge in [-0.15, -0.1) is 0 Å². The largest absolute Gasteiger partial charge is 0.495 e. The molecule has 0 radical (unpaired) electrons. The highest BCUT2D eigenvalue weighted by Crippen LogP contribution is 2.26. The average molecular weight is 189 g/mol. The molecule has 2 nitrogen and oxygen atoms in total. The van der Waals surface area contributed by atoms with Crippen LogP contribution in [0.15, 0.2) is 12.1 Å². The lowest BCUT2D eigenvalue weighted by atomic mass is 10.2. The first kappa shape index (κ1) is 9.00. The predicted molar refractivity (Wildman–Crippen MR) is 43.3 cm³/mol. The maximum atomic E-state index is 12.8. The van der Waals surface area contributed by atoms with Gasteiger partial charge < -0.3 is 4.74 Å². The van der Waals surface area contributed by atoms with E-state index in [0.717, 1.165) is 6.07 Å². The quantitative estimate of drug-likeness (QED) is 0.666. The van der Waals surface area contributed by atoms with E-state index in [9.17, 15) is 9.18 Å². The lowest BCUT2D eigenvalue weighted by Gasteiger charge is -2.03. The maximum absolute atomic E-state index is 12.8. The molecule has 0 fully saturated rings. The molecule has 0 aliphatic rings. The van der Waals surface area contributed by atoms with Gasteiger partial charge in [-0.2, -0.15) is 0 Å². The fourth-order valence-electron chi connectivity index (χ4n) is 0.791. The Morgan fingerprint density at radius 1 is 1.58 bits per heavy atom. The van der Waals surface area contributed by atoms with Gasteiger partial charge in [0.25, 0.3) is 0 Å². The van der Waals surface area contributed by atoms with Gasteiger partial charge in [-0.1, -0.05) is 11.6 Å². The van der Waals surface area contributed by atoms with Crippen molar-refractivity contribution in [2.75, 3.05) is 7.11 Å². The van der Waals surface area contributed by atoms with E-state index in [2.05, 4.69) is 0 Å². The molecule has 0 aliphatic heterocycles. The summed E-state index contributed by atoms with van der Waals surface area (Å²) in [5.74, 6) is -0.411. The lowest BCUT2D eigenvalue weighted by molar-refractivity contribution is 0.112. The van der Waals surface area contributed by atoms with Gasteiger partial charge in [0.05, 0.1) is 17.7 Å². The van der Waals surface area contributed by atoms with Crippen LogP contribution in [0.2, 0.25) is 5.02 Å². The highest BCUT2D eigenvalue weighted by atomic mass is 35.5. The number of halogens is 2. The van der Waals surface area contributed by atoms with E-state index in [4.69, 9.17) is 16.3 Å². The van der Waals surface area contributed by atoms with Crippen molar-refractivity contribution in [3.63, 3.8) is 0 Å². The number of benzene rings is 1. The highest BCUT2D eigenvalue weighted by Gasteiger charge is 2.07. The molecular formula is C8H6ClFO2. The van der Waals surface area contributed by atoms with E-state index >= 15 is 0 Å². The molecule has 0 heterocycles. The molecule has 0 unspecified atom stereocenters. The fourth-order valence-corrected chi connectivity index (χ4v) is 1.04. The van der Waals surface area contributed by atoms with Gasteiger partial charge in [0, 0.05) is 6.07 Å². The summed E-state index contributed by atoms with van der Waals surface area (Å²) in [5, 5.41) is 0.223. The van der Waals surface area contributed by atoms with Crippen LogP contribution in [0.5, 0.6) is 5.75 Å². The topological polar surface area (TPSA) is 26.3 Å². The predicted octanol–water partition coefficient (Wildman–Crippen LogP) is 2.30.